The van der Waals surface area contributed by atoms with Gasteiger partial charge in [-0.25, -0.2) is 4.79 Å². The summed E-state index contributed by atoms with van der Waals surface area (Å²) < 4.78 is 0. The van der Waals surface area contributed by atoms with Crippen LogP contribution in [0.4, 0.5) is 5.69 Å². The quantitative estimate of drug-likeness (QED) is 0.747. The van der Waals surface area contributed by atoms with Gasteiger partial charge < -0.3 is 10.4 Å². The number of carboxylic acids is 1. The largest absolute Gasteiger partial charge is 0.478 e. The van der Waals surface area contributed by atoms with Gasteiger partial charge in [0.1, 0.15) is 0 Å². The van der Waals surface area contributed by atoms with Crippen LogP contribution < -0.4 is 5.32 Å². The van der Waals surface area contributed by atoms with E-state index in [0.29, 0.717) is 0 Å². The molecule has 0 unspecified atom stereocenters. The van der Waals surface area contributed by atoms with Crippen molar-refractivity contribution in [2.75, 3.05) is 5.32 Å². The summed E-state index contributed by atoms with van der Waals surface area (Å²) >= 11 is 0. The van der Waals surface area contributed by atoms with Crippen molar-refractivity contribution in [1.82, 2.24) is 0 Å². The first-order valence-corrected chi connectivity index (χ1v) is 3.82. The molecule has 5 nitrogen and oxygen atoms in total. The second-order valence-corrected chi connectivity index (χ2v) is 2.70. The van der Waals surface area contributed by atoms with E-state index in [-0.39, 0.29) is 11.3 Å². The van der Waals surface area contributed by atoms with E-state index in [1.807, 2.05) is 0 Å². The molecule has 0 atom stereocenters. The van der Waals surface area contributed by atoms with Crippen molar-refractivity contribution < 1.29 is 19.8 Å². The Labute approximate surface area is 80.0 Å². The van der Waals surface area contributed by atoms with Gasteiger partial charge >= 0.3 is 5.97 Å². The van der Waals surface area contributed by atoms with Crippen LogP contribution >= 0.6 is 0 Å². The normalized spacial score (nSPS) is 9.50. The molecule has 0 aliphatic rings. The molecule has 0 heterocycles. The van der Waals surface area contributed by atoms with Crippen LogP contribution in [0, 0.1) is 0 Å². The molecular weight excluding hydrogens is 186 g/mol. The predicted octanol–water partition coefficient (Wildman–Crippen LogP) is 1.49. The molecule has 0 aromatic heterocycles. The lowest BCUT2D eigenvalue weighted by Gasteiger charge is -2.03. The van der Waals surface area contributed by atoms with Gasteiger partial charge in [0, 0.05) is 6.92 Å². The van der Waals surface area contributed by atoms with Crippen molar-refractivity contribution in [3.05, 3.63) is 23.8 Å². The molecule has 0 bridgehead atoms. The lowest BCUT2D eigenvalue weighted by atomic mass is 10.2. The number of aromatic carboxylic acids is 1. The smallest absolute Gasteiger partial charge is 0.335 e. The van der Waals surface area contributed by atoms with E-state index in [1.54, 1.807) is 0 Å². The van der Waals surface area contributed by atoms with Gasteiger partial charge in [0.25, 0.3) is 0 Å². The third-order valence-corrected chi connectivity index (χ3v) is 1.54. The van der Waals surface area contributed by atoms with Gasteiger partial charge in [0.2, 0.25) is 11.7 Å². The van der Waals surface area contributed by atoms with Crippen LogP contribution in [0.25, 0.3) is 0 Å². The van der Waals surface area contributed by atoms with E-state index >= 15 is 0 Å². The number of carbonyl (C=O) groups is 2. The minimum Gasteiger partial charge on any atom is -0.478 e. The molecule has 5 heteroatoms. The number of anilines is 1. The summed E-state index contributed by atoms with van der Waals surface area (Å²) in [6.45, 7) is 1.24. The molecule has 1 aromatic rings. The monoisotopic (exact) mass is 194 g/mol. The van der Waals surface area contributed by atoms with Crippen LogP contribution in [0.3, 0.4) is 0 Å². The zero-order valence-electron chi connectivity index (χ0n) is 7.40. The number of rotatable bonds is 2. The van der Waals surface area contributed by atoms with Crippen LogP contribution in [-0.4, -0.2) is 17.0 Å². The van der Waals surface area contributed by atoms with Crippen molar-refractivity contribution in [1.29, 1.82) is 0 Å². The van der Waals surface area contributed by atoms with E-state index in [2.05, 4.69) is 5.32 Å². The molecule has 0 spiro atoms. The first kappa shape index (κ1) is 10.0. The number of benzene rings is 1. The summed E-state index contributed by atoms with van der Waals surface area (Å²) in [5, 5.41) is 22.0. The number of carbonyl (C=O) groups excluding carboxylic acids is 1. The summed E-state index contributed by atoms with van der Waals surface area (Å²) in [6.07, 6.45) is 0. The van der Waals surface area contributed by atoms with E-state index in [1.165, 1.54) is 13.0 Å². The maximum absolute atomic E-state index is 11.1. The Hall–Kier alpha value is -2.04. The van der Waals surface area contributed by atoms with Gasteiger partial charge in [-0.1, -0.05) is 0 Å². The molecule has 0 aliphatic heterocycles. The van der Waals surface area contributed by atoms with Crippen LogP contribution in [0.1, 0.15) is 17.3 Å². The van der Waals surface area contributed by atoms with E-state index < -0.39 is 17.6 Å². The van der Waals surface area contributed by atoms with Gasteiger partial charge in [-0.05, 0) is 18.2 Å². The zero-order chi connectivity index (χ0) is 10.7. The second-order valence-electron chi connectivity index (χ2n) is 2.70. The number of hydrogen-bond donors (Lipinski definition) is 2. The molecule has 0 saturated heterocycles. The molecule has 0 aliphatic carbocycles. The summed E-state index contributed by atoms with van der Waals surface area (Å²) in [4.78, 5) is 21.2. The number of carboxylic acid groups (broad SMARTS) is 1. The summed E-state index contributed by atoms with van der Waals surface area (Å²) in [7, 11) is 0. The molecule has 0 fully saturated rings. The van der Waals surface area contributed by atoms with Crippen molar-refractivity contribution >= 4 is 17.6 Å². The zero-order valence-corrected chi connectivity index (χ0v) is 7.40. The highest BCUT2D eigenvalue weighted by Crippen LogP contribution is 2.24. The maximum atomic E-state index is 11.1. The first-order valence-electron chi connectivity index (χ1n) is 3.82. The summed E-state index contributed by atoms with van der Waals surface area (Å²) in [6, 6.07) is 3.43. The fourth-order valence-electron chi connectivity index (χ4n) is 0.950. The molecule has 73 valence electrons. The Morgan fingerprint density at radius 2 is 2.00 bits per heavy atom. The SMILES string of the molecule is CC(=O)Nc1cc(C(=O)O)ccc1[O]. The highest BCUT2D eigenvalue weighted by Gasteiger charge is 2.09. The summed E-state index contributed by atoms with van der Waals surface area (Å²) in [5.41, 5.74) is -0.0502. The van der Waals surface area contributed by atoms with Gasteiger partial charge in [0.15, 0.2) is 0 Å². The minimum absolute atomic E-state index is 0.0163. The lowest BCUT2D eigenvalue weighted by Crippen LogP contribution is -2.07. The predicted molar refractivity (Wildman–Crippen MR) is 47.8 cm³/mol. The maximum Gasteiger partial charge on any atom is 0.335 e. The van der Waals surface area contributed by atoms with Crippen molar-refractivity contribution in [2.24, 2.45) is 0 Å². The molecule has 14 heavy (non-hydrogen) atoms. The summed E-state index contributed by atoms with van der Waals surface area (Å²) in [5.74, 6) is -1.97. The molecule has 1 radical (unpaired) electrons. The first-order chi connectivity index (χ1) is 6.50. The molecular formula is C9H8NO4. The van der Waals surface area contributed by atoms with Gasteiger partial charge in [-0.2, -0.15) is 0 Å². The number of nitrogens with one attached hydrogen (secondary N) is 1. The molecule has 1 rings (SSSR count). The van der Waals surface area contributed by atoms with Crippen LogP contribution in [0.2, 0.25) is 0 Å². The second kappa shape index (κ2) is 3.78. The van der Waals surface area contributed by atoms with E-state index in [4.69, 9.17) is 5.11 Å². The van der Waals surface area contributed by atoms with Crippen LogP contribution in [-0.2, 0) is 9.90 Å². The van der Waals surface area contributed by atoms with Crippen LogP contribution in [0.5, 0.6) is 5.75 Å². The van der Waals surface area contributed by atoms with Crippen molar-refractivity contribution in [3.8, 4) is 5.75 Å². The minimum atomic E-state index is -1.14. The average Bonchev–Trinajstić information content (AvgIpc) is 2.07. The van der Waals surface area contributed by atoms with Gasteiger partial charge in [-0.15, -0.1) is 0 Å². The molecule has 1 amide bonds. The third-order valence-electron chi connectivity index (χ3n) is 1.54. The molecule has 0 saturated carbocycles. The van der Waals surface area contributed by atoms with Crippen molar-refractivity contribution in [3.63, 3.8) is 0 Å². The Morgan fingerprint density at radius 3 is 2.50 bits per heavy atom. The molecule has 1 aromatic carbocycles. The fraction of sp³-hybridized carbons (Fsp3) is 0.111. The highest BCUT2D eigenvalue weighted by molar-refractivity contribution is 5.94. The molecule has 2 N–H and O–H groups in total. The van der Waals surface area contributed by atoms with Crippen molar-refractivity contribution in [2.45, 2.75) is 6.92 Å². The van der Waals surface area contributed by atoms with Gasteiger partial charge in [-0.3, -0.25) is 9.90 Å². The fourth-order valence-corrected chi connectivity index (χ4v) is 0.950. The standard InChI is InChI=1S/C9H8NO4/c1-5(11)10-7-4-6(9(13)14)2-3-8(7)12/h2-4H,1H3,(H,10,11)(H,13,14). The topological polar surface area (TPSA) is 86.3 Å². The van der Waals surface area contributed by atoms with E-state index in [9.17, 15) is 14.7 Å². The Bertz CT molecular complexity index is 386. The van der Waals surface area contributed by atoms with E-state index in [0.717, 1.165) is 12.1 Å². The highest BCUT2D eigenvalue weighted by atomic mass is 16.4. The lowest BCUT2D eigenvalue weighted by molar-refractivity contribution is -0.114. The Morgan fingerprint density at radius 1 is 1.36 bits per heavy atom. The van der Waals surface area contributed by atoms with Gasteiger partial charge in [0.05, 0.1) is 11.3 Å². The third kappa shape index (κ3) is 2.22. The van der Waals surface area contributed by atoms with Crippen LogP contribution in [0.15, 0.2) is 18.2 Å². The number of hydrogen-bond acceptors (Lipinski definition) is 2. The Balaban J connectivity index is 3.08. The average molecular weight is 194 g/mol. The number of amides is 1. The Kier molecular flexibility index (Phi) is 2.71.